The van der Waals surface area contributed by atoms with Gasteiger partial charge in [0.2, 0.25) is 0 Å². The number of aliphatic carboxylic acids is 1. The minimum Gasteiger partial charge on any atom is -0.480 e. The van der Waals surface area contributed by atoms with Gasteiger partial charge in [-0.1, -0.05) is 12.1 Å². The molecule has 2 aromatic rings. The second kappa shape index (κ2) is 7.01. The van der Waals surface area contributed by atoms with Crippen LogP contribution in [0.4, 0.5) is 17.6 Å². The van der Waals surface area contributed by atoms with Gasteiger partial charge < -0.3 is 10.4 Å². The van der Waals surface area contributed by atoms with Gasteiger partial charge in [0.05, 0.1) is 6.42 Å². The number of carboxylic acids is 1. The van der Waals surface area contributed by atoms with Gasteiger partial charge in [-0.2, -0.15) is 18.3 Å². The number of benzene rings is 1. The zero-order chi connectivity index (χ0) is 19.8. The number of fused-ring (bicyclic) bond motifs is 1. The Kier molecular flexibility index (Phi) is 4.90. The van der Waals surface area contributed by atoms with Gasteiger partial charge in [0, 0.05) is 11.3 Å². The maximum absolute atomic E-state index is 14.1. The molecule has 0 spiro atoms. The van der Waals surface area contributed by atoms with Crippen LogP contribution in [0.15, 0.2) is 24.3 Å². The van der Waals surface area contributed by atoms with E-state index in [4.69, 9.17) is 5.11 Å². The monoisotopic (exact) mass is 385 g/mol. The lowest BCUT2D eigenvalue weighted by Crippen LogP contribution is -2.44. The SMILES string of the molecule is O=C(NC(CC(F)(F)F)C(=O)O)c1nn(-c2ccccc2F)c2c1CCC2. The van der Waals surface area contributed by atoms with Gasteiger partial charge in [-0.15, -0.1) is 0 Å². The van der Waals surface area contributed by atoms with Crippen LogP contribution in [0.25, 0.3) is 5.69 Å². The van der Waals surface area contributed by atoms with Crippen LogP contribution < -0.4 is 5.32 Å². The first kappa shape index (κ1) is 18.9. The van der Waals surface area contributed by atoms with Crippen LogP contribution in [-0.4, -0.2) is 39.0 Å². The zero-order valence-electron chi connectivity index (χ0n) is 13.9. The average Bonchev–Trinajstić information content (AvgIpc) is 3.15. The number of carbonyl (C=O) groups is 2. The Bertz CT molecular complexity index is 892. The van der Waals surface area contributed by atoms with E-state index >= 15 is 0 Å². The van der Waals surface area contributed by atoms with Crippen LogP contribution in [0.3, 0.4) is 0 Å². The summed E-state index contributed by atoms with van der Waals surface area (Å²) in [6.45, 7) is 0. The van der Waals surface area contributed by atoms with Gasteiger partial charge in [-0.3, -0.25) is 4.79 Å². The number of nitrogens with one attached hydrogen (secondary N) is 1. The molecule has 1 aromatic carbocycles. The van der Waals surface area contributed by atoms with E-state index in [9.17, 15) is 27.2 Å². The standard InChI is InChI=1S/C17H15F4N3O3/c18-10-5-1-2-6-13(10)24-12-7-3-4-9(12)14(23-24)15(25)22-11(16(26)27)8-17(19,20)21/h1-2,5-6,11H,3-4,7-8H2,(H,22,25)(H,26,27). The normalized spacial score (nSPS) is 14.7. The van der Waals surface area contributed by atoms with Crippen LogP contribution in [0.2, 0.25) is 0 Å². The number of alkyl halides is 3. The number of aromatic nitrogens is 2. The van der Waals surface area contributed by atoms with Crippen LogP contribution >= 0.6 is 0 Å². The van der Waals surface area contributed by atoms with E-state index in [1.807, 2.05) is 5.32 Å². The summed E-state index contributed by atoms with van der Waals surface area (Å²) in [7, 11) is 0. The fourth-order valence-electron chi connectivity index (χ4n) is 3.10. The molecule has 0 radical (unpaired) electrons. The van der Waals surface area contributed by atoms with Crippen LogP contribution in [0, 0.1) is 5.82 Å². The minimum absolute atomic E-state index is 0.111. The molecule has 1 amide bonds. The number of halogens is 4. The predicted molar refractivity (Wildman–Crippen MR) is 85.1 cm³/mol. The smallest absolute Gasteiger partial charge is 0.391 e. The molecule has 1 atom stereocenters. The Morgan fingerprint density at radius 2 is 1.96 bits per heavy atom. The number of amides is 1. The third-order valence-electron chi connectivity index (χ3n) is 4.26. The van der Waals surface area contributed by atoms with E-state index in [-0.39, 0.29) is 11.4 Å². The summed E-state index contributed by atoms with van der Waals surface area (Å²) in [6.07, 6.45) is -4.82. The van der Waals surface area contributed by atoms with Gasteiger partial charge in [0.25, 0.3) is 5.91 Å². The highest BCUT2D eigenvalue weighted by Crippen LogP contribution is 2.29. The zero-order valence-corrected chi connectivity index (χ0v) is 13.9. The second-order valence-corrected chi connectivity index (χ2v) is 6.17. The molecule has 0 saturated heterocycles. The third-order valence-corrected chi connectivity index (χ3v) is 4.26. The molecule has 2 N–H and O–H groups in total. The first-order valence-electron chi connectivity index (χ1n) is 8.13. The first-order valence-corrected chi connectivity index (χ1v) is 8.13. The summed E-state index contributed by atoms with van der Waals surface area (Å²) in [5.41, 5.74) is 1.01. The van der Waals surface area contributed by atoms with Crippen molar-refractivity contribution in [3.8, 4) is 5.69 Å². The Morgan fingerprint density at radius 3 is 2.59 bits per heavy atom. The highest BCUT2D eigenvalue weighted by molar-refractivity contribution is 5.96. The first-order chi connectivity index (χ1) is 12.7. The molecule has 1 aliphatic carbocycles. The van der Waals surface area contributed by atoms with E-state index < -0.39 is 36.3 Å². The van der Waals surface area contributed by atoms with Gasteiger partial charge in [-0.05, 0) is 31.4 Å². The highest BCUT2D eigenvalue weighted by atomic mass is 19.4. The number of hydrogen-bond acceptors (Lipinski definition) is 3. The Labute approximate surface area is 150 Å². The van der Waals surface area contributed by atoms with Gasteiger partial charge in [0.15, 0.2) is 5.69 Å². The minimum atomic E-state index is -4.76. The second-order valence-electron chi connectivity index (χ2n) is 6.17. The molecule has 1 unspecified atom stereocenters. The van der Waals surface area contributed by atoms with Crippen molar-refractivity contribution < 1.29 is 32.3 Å². The number of rotatable bonds is 5. The quantitative estimate of drug-likeness (QED) is 0.775. The molecule has 3 rings (SSSR count). The molecule has 0 bridgehead atoms. The summed E-state index contributed by atoms with van der Waals surface area (Å²) in [4.78, 5) is 23.5. The lowest BCUT2D eigenvalue weighted by Gasteiger charge is -2.15. The summed E-state index contributed by atoms with van der Waals surface area (Å²) >= 11 is 0. The number of hydrogen-bond donors (Lipinski definition) is 2. The lowest BCUT2D eigenvalue weighted by atomic mass is 10.1. The Morgan fingerprint density at radius 1 is 1.26 bits per heavy atom. The topological polar surface area (TPSA) is 84.2 Å². The summed E-state index contributed by atoms with van der Waals surface area (Å²) in [6, 6.07) is 3.64. The van der Waals surface area contributed by atoms with Crippen molar-refractivity contribution in [1.29, 1.82) is 0 Å². The average molecular weight is 385 g/mol. The van der Waals surface area contributed by atoms with E-state index in [1.54, 1.807) is 6.07 Å². The maximum atomic E-state index is 14.1. The molecule has 27 heavy (non-hydrogen) atoms. The molecule has 1 aliphatic rings. The van der Waals surface area contributed by atoms with Crippen molar-refractivity contribution in [3.63, 3.8) is 0 Å². The van der Waals surface area contributed by atoms with Crippen molar-refractivity contribution in [2.45, 2.75) is 37.9 Å². The largest absolute Gasteiger partial charge is 0.480 e. The summed E-state index contributed by atoms with van der Waals surface area (Å²) < 4.78 is 52.9. The highest BCUT2D eigenvalue weighted by Gasteiger charge is 2.37. The number of carboxylic acid groups (broad SMARTS) is 1. The van der Waals surface area contributed by atoms with Crippen molar-refractivity contribution in [3.05, 3.63) is 47.0 Å². The molecule has 0 aliphatic heterocycles. The number of carbonyl (C=O) groups excluding carboxylic acids is 1. The van der Waals surface area contributed by atoms with Crippen LogP contribution in [0.5, 0.6) is 0 Å². The molecule has 1 heterocycles. The summed E-state index contributed by atoms with van der Waals surface area (Å²) in [5.74, 6) is -3.40. The number of para-hydroxylation sites is 1. The Balaban J connectivity index is 1.93. The Hall–Kier alpha value is -2.91. The van der Waals surface area contributed by atoms with Crippen molar-refractivity contribution in [2.24, 2.45) is 0 Å². The van der Waals surface area contributed by atoms with Crippen LogP contribution in [0.1, 0.15) is 34.6 Å². The fourth-order valence-corrected chi connectivity index (χ4v) is 3.10. The van der Waals surface area contributed by atoms with Gasteiger partial charge in [-0.25, -0.2) is 13.9 Å². The van der Waals surface area contributed by atoms with Crippen molar-refractivity contribution in [2.75, 3.05) is 0 Å². The fraction of sp³-hybridized carbons (Fsp3) is 0.353. The van der Waals surface area contributed by atoms with E-state index in [0.717, 1.165) is 0 Å². The molecular formula is C17H15F4N3O3. The third kappa shape index (κ3) is 3.93. The van der Waals surface area contributed by atoms with Crippen LogP contribution in [-0.2, 0) is 17.6 Å². The molecule has 0 fully saturated rings. The van der Waals surface area contributed by atoms with E-state index in [1.165, 1.54) is 22.9 Å². The molecular weight excluding hydrogens is 370 g/mol. The predicted octanol–water partition coefficient (Wildman–Crippen LogP) is 2.64. The van der Waals surface area contributed by atoms with Crippen molar-refractivity contribution >= 4 is 11.9 Å². The molecule has 10 heteroatoms. The van der Waals surface area contributed by atoms with Crippen molar-refractivity contribution in [1.82, 2.24) is 15.1 Å². The molecule has 1 aromatic heterocycles. The molecule has 6 nitrogen and oxygen atoms in total. The number of nitrogens with zero attached hydrogens (tertiary/aromatic N) is 2. The van der Waals surface area contributed by atoms with Gasteiger partial charge in [0.1, 0.15) is 17.5 Å². The molecule has 144 valence electrons. The van der Waals surface area contributed by atoms with Gasteiger partial charge >= 0.3 is 12.1 Å². The molecule has 0 saturated carbocycles. The summed E-state index contributed by atoms with van der Waals surface area (Å²) in [5, 5.41) is 14.9. The lowest BCUT2D eigenvalue weighted by molar-refractivity contribution is -0.157. The van der Waals surface area contributed by atoms with E-state index in [2.05, 4.69) is 5.10 Å². The van der Waals surface area contributed by atoms with E-state index in [0.29, 0.717) is 30.5 Å². The maximum Gasteiger partial charge on any atom is 0.391 e.